The molecular weight excluding hydrogens is 321 g/mol. The van der Waals surface area contributed by atoms with E-state index in [1.807, 2.05) is 0 Å². The molecule has 0 aliphatic carbocycles. The van der Waals surface area contributed by atoms with Crippen molar-refractivity contribution in [2.45, 2.75) is 32.5 Å². The minimum Gasteiger partial charge on any atom is -0.459 e. The average Bonchev–Trinajstić information content (AvgIpc) is 2.43. The molecule has 4 nitrogen and oxygen atoms in total. The smallest absolute Gasteiger partial charge is 0.407 e. The van der Waals surface area contributed by atoms with Crippen molar-refractivity contribution in [2.75, 3.05) is 18.0 Å². The summed E-state index contributed by atoms with van der Waals surface area (Å²) < 4.78 is 44.4. The molecule has 0 N–H and O–H groups in total. The number of hydrogen-bond acceptors (Lipinski definition) is 3. The molecule has 0 saturated heterocycles. The molecule has 0 fully saturated rings. The molecular formula is C17H19F3N2O2. The summed E-state index contributed by atoms with van der Waals surface area (Å²) in [4.78, 5) is 16.3. The summed E-state index contributed by atoms with van der Waals surface area (Å²) in [6, 6.07) is 3.33. The van der Waals surface area contributed by atoms with Crippen molar-refractivity contribution in [3.05, 3.63) is 47.8 Å². The Hall–Kier alpha value is -2.49. The fourth-order valence-electron chi connectivity index (χ4n) is 1.99. The Balaban J connectivity index is 3.15. The Kier molecular flexibility index (Phi) is 6.02. The summed E-state index contributed by atoms with van der Waals surface area (Å²) in [6.45, 7) is 15.5. The van der Waals surface area contributed by atoms with E-state index in [4.69, 9.17) is 11.3 Å². The van der Waals surface area contributed by atoms with Crippen LogP contribution in [0, 0.1) is 6.57 Å². The van der Waals surface area contributed by atoms with Gasteiger partial charge < -0.3 is 9.64 Å². The van der Waals surface area contributed by atoms with Crippen LogP contribution in [0.15, 0.2) is 30.9 Å². The van der Waals surface area contributed by atoms with E-state index < -0.39 is 29.0 Å². The van der Waals surface area contributed by atoms with Crippen LogP contribution in [0.4, 0.5) is 24.5 Å². The van der Waals surface area contributed by atoms with Crippen molar-refractivity contribution < 1.29 is 22.7 Å². The number of alkyl halides is 3. The maximum absolute atomic E-state index is 13.1. The first-order valence-corrected chi connectivity index (χ1v) is 7.14. The van der Waals surface area contributed by atoms with Gasteiger partial charge in [-0.2, -0.15) is 13.2 Å². The minimum atomic E-state index is -4.65. The Morgan fingerprint density at radius 3 is 2.46 bits per heavy atom. The molecule has 0 heterocycles. The topological polar surface area (TPSA) is 33.9 Å². The number of nitrogens with zero attached hydrogens (tertiary/aromatic N) is 2. The summed E-state index contributed by atoms with van der Waals surface area (Å²) >= 11 is 0. The van der Waals surface area contributed by atoms with Crippen LogP contribution in [-0.2, 0) is 15.7 Å². The molecule has 0 unspecified atom stereocenters. The third-order valence-corrected chi connectivity index (χ3v) is 2.86. The summed E-state index contributed by atoms with van der Waals surface area (Å²) in [6.07, 6.45) is -3.18. The molecule has 0 atom stereocenters. The number of hydrogen-bond donors (Lipinski definition) is 0. The van der Waals surface area contributed by atoms with Gasteiger partial charge in [0.15, 0.2) is 5.69 Å². The Morgan fingerprint density at radius 2 is 2.00 bits per heavy atom. The molecule has 0 spiro atoms. The van der Waals surface area contributed by atoms with E-state index in [-0.39, 0.29) is 18.8 Å². The molecule has 24 heavy (non-hydrogen) atoms. The third-order valence-electron chi connectivity index (χ3n) is 2.86. The fourth-order valence-corrected chi connectivity index (χ4v) is 1.99. The molecule has 7 heteroatoms. The van der Waals surface area contributed by atoms with Crippen molar-refractivity contribution >= 4 is 17.3 Å². The van der Waals surface area contributed by atoms with E-state index in [2.05, 4.69) is 11.4 Å². The van der Waals surface area contributed by atoms with Crippen molar-refractivity contribution in [1.29, 1.82) is 0 Å². The van der Waals surface area contributed by atoms with Gasteiger partial charge in [0.25, 0.3) is 0 Å². The zero-order valence-corrected chi connectivity index (χ0v) is 13.8. The molecule has 0 aromatic heterocycles. The van der Waals surface area contributed by atoms with E-state index in [0.29, 0.717) is 0 Å². The van der Waals surface area contributed by atoms with Crippen LogP contribution in [0.3, 0.4) is 0 Å². The lowest BCUT2D eigenvalue weighted by atomic mass is 10.1. The van der Waals surface area contributed by atoms with Gasteiger partial charge in [-0.05, 0) is 32.9 Å². The van der Waals surface area contributed by atoms with Crippen LogP contribution in [-0.4, -0.2) is 24.7 Å². The summed E-state index contributed by atoms with van der Waals surface area (Å²) in [5.41, 5.74) is -2.04. The van der Waals surface area contributed by atoms with Crippen molar-refractivity contribution in [1.82, 2.24) is 0 Å². The van der Waals surface area contributed by atoms with Gasteiger partial charge in [0, 0.05) is 12.2 Å². The normalized spacial score (nSPS) is 11.5. The monoisotopic (exact) mass is 340 g/mol. The first kappa shape index (κ1) is 19.6. The first-order valence-electron chi connectivity index (χ1n) is 7.14. The third kappa shape index (κ3) is 5.61. The lowest BCUT2D eigenvalue weighted by molar-refractivity contribution is -0.153. The minimum absolute atomic E-state index is 0.161. The highest BCUT2D eigenvalue weighted by Crippen LogP contribution is 2.38. The molecule has 1 rings (SSSR count). The van der Waals surface area contributed by atoms with Crippen LogP contribution in [0.25, 0.3) is 4.85 Å². The summed E-state index contributed by atoms with van der Waals surface area (Å²) in [5.74, 6) is -0.563. The van der Waals surface area contributed by atoms with Gasteiger partial charge >= 0.3 is 12.1 Å². The van der Waals surface area contributed by atoms with Crippen LogP contribution in [0.5, 0.6) is 0 Å². The molecule has 0 aliphatic heterocycles. The lowest BCUT2D eigenvalue weighted by Gasteiger charge is -2.26. The van der Waals surface area contributed by atoms with E-state index in [9.17, 15) is 18.0 Å². The number of anilines is 1. The number of halogens is 3. The average molecular weight is 340 g/mol. The van der Waals surface area contributed by atoms with Crippen LogP contribution >= 0.6 is 0 Å². The number of ether oxygens (including phenoxy) is 1. The molecule has 1 aromatic carbocycles. The predicted octanol–water partition coefficient (Wildman–Crippen LogP) is 4.59. The number of rotatable bonds is 5. The van der Waals surface area contributed by atoms with Gasteiger partial charge in [0.05, 0.1) is 12.1 Å². The van der Waals surface area contributed by atoms with Crippen molar-refractivity contribution in [3.63, 3.8) is 0 Å². The highest BCUT2D eigenvalue weighted by molar-refractivity contribution is 5.77. The van der Waals surface area contributed by atoms with Crippen LogP contribution < -0.4 is 4.90 Å². The highest BCUT2D eigenvalue weighted by Gasteiger charge is 2.34. The maximum Gasteiger partial charge on any atom is 0.407 e. The second-order valence-corrected chi connectivity index (χ2v) is 6.07. The second-order valence-electron chi connectivity index (χ2n) is 6.07. The Labute approximate surface area is 139 Å². The van der Waals surface area contributed by atoms with Gasteiger partial charge in [-0.15, -0.1) is 6.58 Å². The fraction of sp³-hybridized carbons (Fsp3) is 0.412. The SMILES string of the molecule is [C-]#[N+]c1ccc(N(CC=C)CC(=O)OC(C)(C)C)cc1C(F)(F)F. The van der Waals surface area contributed by atoms with E-state index >= 15 is 0 Å². The van der Waals surface area contributed by atoms with Gasteiger partial charge in [-0.25, -0.2) is 4.85 Å². The number of benzene rings is 1. The van der Waals surface area contributed by atoms with Gasteiger partial charge in [-0.1, -0.05) is 12.1 Å². The number of esters is 1. The highest BCUT2D eigenvalue weighted by atomic mass is 19.4. The quantitative estimate of drug-likeness (QED) is 0.447. The van der Waals surface area contributed by atoms with Gasteiger partial charge in [-0.3, -0.25) is 4.79 Å². The van der Waals surface area contributed by atoms with Crippen molar-refractivity contribution in [2.24, 2.45) is 0 Å². The molecule has 0 aliphatic rings. The molecule has 0 saturated carbocycles. The number of carbonyl (C=O) groups is 1. The largest absolute Gasteiger partial charge is 0.459 e. The first-order chi connectivity index (χ1) is 11.0. The standard InChI is InChI=1S/C17H19F3N2O2/c1-6-9-22(11-15(23)24-16(2,3)4)12-7-8-14(21-5)13(10-12)17(18,19)20/h6-8,10H,1,9,11H2,2-4H3. The summed E-state index contributed by atoms with van der Waals surface area (Å²) in [5, 5.41) is 0. The second kappa shape index (κ2) is 7.39. The number of carbonyl (C=O) groups excluding carboxylic acids is 1. The van der Waals surface area contributed by atoms with Crippen LogP contribution in [0.1, 0.15) is 26.3 Å². The molecule has 0 bridgehead atoms. The zero-order valence-electron chi connectivity index (χ0n) is 13.8. The van der Waals surface area contributed by atoms with Gasteiger partial charge in [0.2, 0.25) is 0 Å². The van der Waals surface area contributed by atoms with E-state index in [0.717, 1.165) is 12.1 Å². The van der Waals surface area contributed by atoms with Crippen molar-refractivity contribution in [3.8, 4) is 0 Å². The Morgan fingerprint density at radius 1 is 1.38 bits per heavy atom. The van der Waals surface area contributed by atoms with Gasteiger partial charge in [0.1, 0.15) is 12.1 Å². The van der Waals surface area contributed by atoms with E-state index in [1.165, 1.54) is 17.0 Å². The lowest BCUT2D eigenvalue weighted by Crippen LogP contribution is -2.35. The molecule has 0 radical (unpaired) electrons. The zero-order chi connectivity index (χ0) is 18.5. The summed E-state index contributed by atoms with van der Waals surface area (Å²) in [7, 11) is 0. The maximum atomic E-state index is 13.1. The van der Waals surface area contributed by atoms with E-state index in [1.54, 1.807) is 20.8 Å². The molecule has 1 aromatic rings. The predicted molar refractivity (Wildman–Crippen MR) is 86.0 cm³/mol. The molecule has 130 valence electrons. The van der Waals surface area contributed by atoms with Crippen LogP contribution in [0.2, 0.25) is 0 Å². The molecule has 0 amide bonds. The Bertz CT molecular complexity index is 655.